The summed E-state index contributed by atoms with van der Waals surface area (Å²) in [7, 11) is 4.08. The van der Waals surface area contributed by atoms with Crippen molar-refractivity contribution in [3.05, 3.63) is 33.8 Å². The highest BCUT2D eigenvalue weighted by Crippen LogP contribution is 2.17. The van der Waals surface area contributed by atoms with E-state index in [0.717, 1.165) is 10.0 Å². The Labute approximate surface area is 124 Å². The SMILES string of the molecule is Cc1ccc(C(=O)NCC(C(C)C)N(C)C)cc1Br. The molecular weight excluding hydrogens is 304 g/mol. The first-order chi connectivity index (χ1) is 8.82. The van der Waals surface area contributed by atoms with E-state index in [9.17, 15) is 4.79 Å². The average Bonchev–Trinajstić information content (AvgIpc) is 2.31. The summed E-state index contributed by atoms with van der Waals surface area (Å²) in [4.78, 5) is 14.3. The molecule has 1 atom stereocenters. The van der Waals surface area contributed by atoms with Crippen LogP contribution in [0.5, 0.6) is 0 Å². The zero-order chi connectivity index (χ0) is 14.6. The van der Waals surface area contributed by atoms with Crippen molar-refractivity contribution in [2.45, 2.75) is 26.8 Å². The van der Waals surface area contributed by atoms with E-state index in [2.05, 4.69) is 40.0 Å². The maximum atomic E-state index is 12.1. The van der Waals surface area contributed by atoms with Crippen LogP contribution in [0.2, 0.25) is 0 Å². The minimum absolute atomic E-state index is 0.0202. The molecule has 4 heteroatoms. The lowest BCUT2D eigenvalue weighted by Crippen LogP contribution is -2.43. The van der Waals surface area contributed by atoms with Crippen molar-refractivity contribution >= 4 is 21.8 Å². The van der Waals surface area contributed by atoms with Gasteiger partial charge in [0, 0.05) is 22.6 Å². The Morgan fingerprint density at radius 2 is 2.00 bits per heavy atom. The molecule has 0 bridgehead atoms. The topological polar surface area (TPSA) is 32.3 Å². The molecule has 1 N–H and O–H groups in total. The van der Waals surface area contributed by atoms with Crippen molar-refractivity contribution in [2.24, 2.45) is 5.92 Å². The normalized spacial score (nSPS) is 12.8. The number of likely N-dealkylation sites (N-methyl/N-ethyl adjacent to an activating group) is 1. The van der Waals surface area contributed by atoms with Gasteiger partial charge in [-0.2, -0.15) is 0 Å². The van der Waals surface area contributed by atoms with Gasteiger partial charge in [0.1, 0.15) is 0 Å². The Balaban J connectivity index is 2.66. The van der Waals surface area contributed by atoms with Crippen LogP contribution in [0.25, 0.3) is 0 Å². The van der Waals surface area contributed by atoms with Crippen LogP contribution in [0.4, 0.5) is 0 Å². The van der Waals surface area contributed by atoms with Gasteiger partial charge in [-0.25, -0.2) is 0 Å². The van der Waals surface area contributed by atoms with Crippen LogP contribution >= 0.6 is 15.9 Å². The molecule has 1 aromatic carbocycles. The van der Waals surface area contributed by atoms with Crippen LogP contribution in [0.15, 0.2) is 22.7 Å². The number of carbonyl (C=O) groups excluding carboxylic acids is 1. The highest BCUT2D eigenvalue weighted by Gasteiger charge is 2.17. The highest BCUT2D eigenvalue weighted by molar-refractivity contribution is 9.10. The van der Waals surface area contributed by atoms with Gasteiger partial charge in [-0.3, -0.25) is 4.79 Å². The van der Waals surface area contributed by atoms with Crippen molar-refractivity contribution in [1.82, 2.24) is 10.2 Å². The standard InChI is InChI=1S/C15H23BrN2O/c1-10(2)14(18(4)5)9-17-15(19)12-7-6-11(3)13(16)8-12/h6-8,10,14H,9H2,1-5H3,(H,17,19). The minimum atomic E-state index is -0.0202. The number of hydrogen-bond acceptors (Lipinski definition) is 2. The lowest BCUT2D eigenvalue weighted by molar-refractivity contribution is 0.0934. The van der Waals surface area contributed by atoms with E-state index >= 15 is 0 Å². The number of nitrogens with one attached hydrogen (secondary N) is 1. The lowest BCUT2D eigenvalue weighted by atomic mass is 10.0. The molecule has 0 saturated heterocycles. The molecule has 1 rings (SSSR count). The first kappa shape index (κ1) is 16.2. The molecular formula is C15H23BrN2O. The fourth-order valence-electron chi connectivity index (χ4n) is 2.05. The number of aryl methyl sites for hydroxylation is 1. The third-order valence-corrected chi connectivity index (χ3v) is 4.19. The Bertz CT molecular complexity index is 436. The fourth-order valence-corrected chi connectivity index (χ4v) is 2.43. The monoisotopic (exact) mass is 326 g/mol. The van der Waals surface area contributed by atoms with Gasteiger partial charge in [0.15, 0.2) is 0 Å². The molecule has 0 saturated carbocycles. The zero-order valence-electron chi connectivity index (χ0n) is 12.3. The first-order valence-corrected chi connectivity index (χ1v) is 7.33. The number of benzene rings is 1. The number of rotatable bonds is 5. The predicted octanol–water partition coefficient (Wildman–Crippen LogP) is 3.07. The molecule has 0 aromatic heterocycles. The predicted molar refractivity (Wildman–Crippen MR) is 83.5 cm³/mol. The Hall–Kier alpha value is -0.870. The van der Waals surface area contributed by atoms with Gasteiger partial charge in [-0.15, -0.1) is 0 Å². The molecule has 106 valence electrons. The molecule has 0 heterocycles. The molecule has 0 fully saturated rings. The Morgan fingerprint density at radius 1 is 1.37 bits per heavy atom. The highest BCUT2D eigenvalue weighted by atomic mass is 79.9. The van der Waals surface area contributed by atoms with Crippen LogP contribution < -0.4 is 5.32 Å². The first-order valence-electron chi connectivity index (χ1n) is 6.53. The van der Waals surface area contributed by atoms with Gasteiger partial charge in [-0.1, -0.05) is 35.8 Å². The van der Waals surface area contributed by atoms with Crippen molar-refractivity contribution in [3.63, 3.8) is 0 Å². The number of hydrogen-bond donors (Lipinski definition) is 1. The molecule has 0 spiro atoms. The molecule has 19 heavy (non-hydrogen) atoms. The van der Waals surface area contributed by atoms with Crippen molar-refractivity contribution in [1.29, 1.82) is 0 Å². The number of carbonyl (C=O) groups is 1. The maximum absolute atomic E-state index is 12.1. The summed E-state index contributed by atoms with van der Waals surface area (Å²) < 4.78 is 0.966. The molecule has 0 radical (unpaired) electrons. The van der Waals surface area contributed by atoms with E-state index in [1.807, 2.05) is 39.2 Å². The largest absolute Gasteiger partial charge is 0.350 e. The third kappa shape index (κ3) is 4.62. The van der Waals surface area contributed by atoms with Gasteiger partial charge in [-0.05, 0) is 44.6 Å². The van der Waals surface area contributed by atoms with Gasteiger partial charge in [0.05, 0.1) is 0 Å². The zero-order valence-corrected chi connectivity index (χ0v) is 13.9. The summed E-state index contributed by atoms with van der Waals surface area (Å²) in [6, 6.07) is 6.02. The Kier molecular flexibility index (Phi) is 6.01. The van der Waals surface area contributed by atoms with Crippen LogP contribution in [0.1, 0.15) is 29.8 Å². The molecule has 0 aliphatic rings. The van der Waals surface area contributed by atoms with E-state index in [1.165, 1.54) is 0 Å². The lowest BCUT2D eigenvalue weighted by Gasteiger charge is -2.28. The smallest absolute Gasteiger partial charge is 0.251 e. The molecule has 0 aliphatic heterocycles. The summed E-state index contributed by atoms with van der Waals surface area (Å²) in [5, 5.41) is 3.01. The van der Waals surface area contributed by atoms with Gasteiger partial charge in [0.25, 0.3) is 5.91 Å². The van der Waals surface area contributed by atoms with Crippen LogP contribution in [0.3, 0.4) is 0 Å². The quantitative estimate of drug-likeness (QED) is 0.901. The average molecular weight is 327 g/mol. The van der Waals surface area contributed by atoms with Crippen LogP contribution in [-0.2, 0) is 0 Å². The maximum Gasteiger partial charge on any atom is 0.251 e. The summed E-state index contributed by atoms with van der Waals surface area (Å²) in [6.45, 7) is 7.00. The van der Waals surface area contributed by atoms with Crippen molar-refractivity contribution in [2.75, 3.05) is 20.6 Å². The van der Waals surface area contributed by atoms with Gasteiger partial charge >= 0.3 is 0 Å². The van der Waals surface area contributed by atoms with Gasteiger partial charge in [0.2, 0.25) is 0 Å². The molecule has 1 aromatic rings. The van der Waals surface area contributed by atoms with E-state index in [0.29, 0.717) is 24.1 Å². The Morgan fingerprint density at radius 3 is 2.47 bits per heavy atom. The van der Waals surface area contributed by atoms with E-state index in [1.54, 1.807) is 0 Å². The van der Waals surface area contributed by atoms with Gasteiger partial charge < -0.3 is 10.2 Å². The second-order valence-electron chi connectivity index (χ2n) is 5.45. The van der Waals surface area contributed by atoms with Crippen molar-refractivity contribution < 1.29 is 4.79 Å². The molecule has 3 nitrogen and oxygen atoms in total. The van der Waals surface area contributed by atoms with E-state index < -0.39 is 0 Å². The van der Waals surface area contributed by atoms with E-state index in [4.69, 9.17) is 0 Å². The minimum Gasteiger partial charge on any atom is -0.350 e. The molecule has 0 aliphatic carbocycles. The number of halogens is 1. The van der Waals surface area contributed by atoms with Crippen LogP contribution in [-0.4, -0.2) is 37.5 Å². The third-order valence-electron chi connectivity index (χ3n) is 3.34. The summed E-state index contributed by atoms with van der Waals surface area (Å²) in [5.74, 6) is 0.480. The summed E-state index contributed by atoms with van der Waals surface area (Å²) in [6.07, 6.45) is 0. The van der Waals surface area contributed by atoms with E-state index in [-0.39, 0.29) is 5.91 Å². The second kappa shape index (κ2) is 7.06. The number of amides is 1. The van der Waals surface area contributed by atoms with Crippen molar-refractivity contribution in [3.8, 4) is 0 Å². The second-order valence-corrected chi connectivity index (χ2v) is 6.30. The summed E-state index contributed by atoms with van der Waals surface area (Å²) in [5.41, 5.74) is 1.82. The van der Waals surface area contributed by atoms with Crippen LogP contribution in [0, 0.1) is 12.8 Å². The number of nitrogens with zero attached hydrogens (tertiary/aromatic N) is 1. The fraction of sp³-hybridized carbons (Fsp3) is 0.533. The molecule has 1 unspecified atom stereocenters. The molecule has 1 amide bonds. The summed E-state index contributed by atoms with van der Waals surface area (Å²) >= 11 is 3.45.